The van der Waals surface area contributed by atoms with Gasteiger partial charge >= 0.3 is 0 Å². The highest BCUT2D eigenvalue weighted by molar-refractivity contribution is 9.09. The molecule has 4 aliphatic rings. The van der Waals surface area contributed by atoms with E-state index < -0.39 is 5.60 Å². The van der Waals surface area contributed by atoms with Gasteiger partial charge in [-0.15, -0.1) is 11.6 Å². The minimum atomic E-state index is -1.18. The molecule has 3 nitrogen and oxygen atoms in total. The molecule has 0 saturated heterocycles. The van der Waals surface area contributed by atoms with Crippen LogP contribution in [0.3, 0.4) is 0 Å². The second kappa shape index (κ2) is 6.29. The third kappa shape index (κ3) is 2.33. The predicted molar refractivity (Wildman–Crippen MR) is 106 cm³/mol. The first-order valence-electron chi connectivity index (χ1n) is 10.2. The van der Waals surface area contributed by atoms with Crippen molar-refractivity contribution in [1.29, 1.82) is 0 Å². The summed E-state index contributed by atoms with van der Waals surface area (Å²) in [6.07, 6.45) is 7.13. The summed E-state index contributed by atoms with van der Waals surface area (Å²) in [7, 11) is 0. The van der Waals surface area contributed by atoms with Crippen LogP contribution in [0.4, 0.5) is 0 Å². The third-order valence-corrected chi connectivity index (χ3v) is 10.3. The van der Waals surface area contributed by atoms with Crippen LogP contribution in [0.2, 0.25) is 0 Å². The molecule has 26 heavy (non-hydrogen) atoms. The maximum Gasteiger partial charge on any atom is 0.175 e. The first-order valence-corrected chi connectivity index (χ1v) is 11.7. The highest BCUT2D eigenvalue weighted by Crippen LogP contribution is 2.68. The zero-order valence-corrected chi connectivity index (χ0v) is 18.1. The van der Waals surface area contributed by atoms with E-state index in [0.717, 1.165) is 38.5 Å². The van der Waals surface area contributed by atoms with Gasteiger partial charge in [-0.2, -0.15) is 0 Å². The fourth-order valence-electron chi connectivity index (χ4n) is 7.68. The van der Waals surface area contributed by atoms with Crippen LogP contribution in [0.5, 0.6) is 0 Å². The molecule has 4 aliphatic carbocycles. The summed E-state index contributed by atoms with van der Waals surface area (Å²) in [5.74, 6) is 1.98. The summed E-state index contributed by atoms with van der Waals surface area (Å²) in [4.78, 5) is 24.7. The average molecular weight is 446 g/mol. The van der Waals surface area contributed by atoms with Crippen LogP contribution in [0, 0.1) is 34.5 Å². The number of hydrogen-bond donors (Lipinski definition) is 1. The maximum absolute atomic E-state index is 12.6. The Hall–Kier alpha value is 0.0700. The topological polar surface area (TPSA) is 54.4 Å². The Morgan fingerprint density at radius 1 is 1.12 bits per heavy atom. The molecule has 0 heterocycles. The number of rotatable bonds is 2. The van der Waals surface area contributed by atoms with E-state index in [2.05, 4.69) is 29.8 Å². The fraction of sp³-hybridized carbons (Fsp3) is 0.905. The lowest BCUT2D eigenvalue weighted by atomic mass is 9.44. The number of fused-ring (bicyclic) bond motifs is 5. The molecule has 0 radical (unpaired) electrons. The standard InChI is InChI=1S/C21H30BrClO3/c1-19-8-7-16(24)18(23)15(19)4-3-12-13(19)5-9-20(2)14(12)6-10-21(20,26)17(25)11-22/h12-15,18,26H,3-11H2,1-2H3/t12-,13+,14+,15?,18?,19-,20+,21+/m1/s1. The Morgan fingerprint density at radius 2 is 1.81 bits per heavy atom. The summed E-state index contributed by atoms with van der Waals surface area (Å²) >= 11 is 9.85. The van der Waals surface area contributed by atoms with Crippen LogP contribution in [-0.4, -0.2) is 33.0 Å². The van der Waals surface area contributed by atoms with Gasteiger partial charge in [0.2, 0.25) is 0 Å². The lowest BCUT2D eigenvalue weighted by molar-refractivity contribution is -0.168. The maximum atomic E-state index is 12.6. The van der Waals surface area contributed by atoms with E-state index in [-0.39, 0.29) is 33.1 Å². The van der Waals surface area contributed by atoms with Crippen molar-refractivity contribution in [3.05, 3.63) is 0 Å². The Balaban J connectivity index is 1.66. The summed E-state index contributed by atoms with van der Waals surface area (Å²) in [5.41, 5.74) is -1.36. The first-order chi connectivity index (χ1) is 12.2. The van der Waals surface area contributed by atoms with Crippen molar-refractivity contribution >= 4 is 39.1 Å². The lowest BCUT2D eigenvalue weighted by Gasteiger charge is -2.61. The van der Waals surface area contributed by atoms with E-state index in [4.69, 9.17) is 11.6 Å². The number of halogens is 2. The molecule has 0 spiro atoms. The van der Waals surface area contributed by atoms with Crippen molar-refractivity contribution in [2.24, 2.45) is 34.5 Å². The Labute approximate surface area is 169 Å². The molecule has 4 saturated carbocycles. The van der Waals surface area contributed by atoms with E-state index in [0.29, 0.717) is 36.5 Å². The molecule has 0 aromatic carbocycles. The molecule has 0 bridgehead atoms. The second-order valence-electron chi connectivity index (χ2n) is 9.85. The Bertz CT molecular complexity index is 639. The van der Waals surface area contributed by atoms with E-state index in [1.807, 2.05) is 0 Å². The number of ketones is 2. The molecule has 0 aromatic rings. The van der Waals surface area contributed by atoms with Gasteiger partial charge < -0.3 is 5.11 Å². The van der Waals surface area contributed by atoms with E-state index in [9.17, 15) is 14.7 Å². The lowest BCUT2D eigenvalue weighted by Crippen LogP contribution is -2.60. The molecule has 1 N–H and O–H groups in total. The average Bonchev–Trinajstić information content (AvgIpc) is 2.90. The fourth-order valence-corrected chi connectivity index (χ4v) is 8.66. The SMILES string of the molecule is C[C@]12CCC(=O)C(Cl)C1CC[C@@H]1[C@@H]2CC[C@@]2(C)[C@H]1CC[C@]2(O)C(=O)CBr. The number of Topliss-reactive ketones (excluding diaryl/α,β-unsaturated/α-hetero) is 2. The largest absolute Gasteiger partial charge is 0.381 e. The van der Waals surface area contributed by atoms with Crippen molar-refractivity contribution in [3.63, 3.8) is 0 Å². The second-order valence-corrected chi connectivity index (χ2v) is 10.9. The van der Waals surface area contributed by atoms with Gasteiger partial charge in [0.25, 0.3) is 0 Å². The molecule has 4 fully saturated rings. The van der Waals surface area contributed by atoms with Crippen LogP contribution in [-0.2, 0) is 9.59 Å². The smallest absolute Gasteiger partial charge is 0.175 e. The van der Waals surface area contributed by atoms with E-state index in [1.54, 1.807) is 0 Å². The van der Waals surface area contributed by atoms with Gasteiger partial charge in [0.1, 0.15) is 5.60 Å². The van der Waals surface area contributed by atoms with Crippen molar-refractivity contribution in [3.8, 4) is 0 Å². The number of alkyl halides is 2. The van der Waals surface area contributed by atoms with Crippen LogP contribution in [0.25, 0.3) is 0 Å². The Morgan fingerprint density at radius 3 is 2.50 bits per heavy atom. The molecule has 0 aliphatic heterocycles. The minimum absolute atomic E-state index is 0.0510. The van der Waals surface area contributed by atoms with Crippen molar-refractivity contribution < 1.29 is 14.7 Å². The summed E-state index contributed by atoms with van der Waals surface area (Å²) < 4.78 is 0. The molecule has 0 aromatic heterocycles. The van der Waals surface area contributed by atoms with Gasteiger partial charge in [-0.25, -0.2) is 0 Å². The zero-order valence-electron chi connectivity index (χ0n) is 15.8. The highest BCUT2D eigenvalue weighted by atomic mass is 79.9. The number of aliphatic hydroxyl groups is 1. The van der Waals surface area contributed by atoms with Crippen LogP contribution < -0.4 is 0 Å². The number of hydrogen-bond acceptors (Lipinski definition) is 3. The quantitative estimate of drug-likeness (QED) is 0.636. The molecule has 2 unspecified atom stereocenters. The van der Waals surface area contributed by atoms with Gasteiger partial charge in [-0.1, -0.05) is 29.8 Å². The van der Waals surface area contributed by atoms with Crippen LogP contribution in [0.1, 0.15) is 65.2 Å². The highest BCUT2D eigenvalue weighted by Gasteiger charge is 2.67. The van der Waals surface area contributed by atoms with Gasteiger partial charge in [-0.3, -0.25) is 9.59 Å². The normalized spacial score (nSPS) is 53.6. The first kappa shape index (κ1) is 19.4. The molecule has 0 amide bonds. The molecule has 5 heteroatoms. The molecular weight excluding hydrogens is 416 g/mol. The molecule has 8 atom stereocenters. The molecule has 146 valence electrons. The zero-order chi connectivity index (χ0) is 18.9. The van der Waals surface area contributed by atoms with Gasteiger partial charge in [0.15, 0.2) is 11.6 Å². The van der Waals surface area contributed by atoms with Crippen LogP contribution >= 0.6 is 27.5 Å². The van der Waals surface area contributed by atoms with Crippen LogP contribution in [0.15, 0.2) is 0 Å². The van der Waals surface area contributed by atoms with E-state index in [1.165, 1.54) is 0 Å². The summed E-state index contributed by atoms with van der Waals surface area (Å²) in [6, 6.07) is 0. The molecular formula is C21H30BrClO3. The monoisotopic (exact) mass is 444 g/mol. The minimum Gasteiger partial charge on any atom is -0.381 e. The summed E-state index contributed by atoms with van der Waals surface area (Å²) in [6.45, 7) is 4.52. The van der Waals surface area contributed by atoms with Gasteiger partial charge in [-0.05, 0) is 74.0 Å². The Kier molecular flexibility index (Phi) is 4.69. The summed E-state index contributed by atoms with van der Waals surface area (Å²) in [5, 5.41) is 11.2. The predicted octanol–water partition coefficient (Wildman–Crippen LogP) is 4.51. The van der Waals surface area contributed by atoms with Crippen molar-refractivity contribution in [1.82, 2.24) is 0 Å². The van der Waals surface area contributed by atoms with Crippen molar-refractivity contribution in [2.75, 3.05) is 5.33 Å². The van der Waals surface area contributed by atoms with Gasteiger partial charge in [0, 0.05) is 11.8 Å². The molecule has 4 rings (SSSR count). The van der Waals surface area contributed by atoms with E-state index >= 15 is 0 Å². The third-order valence-electron chi connectivity index (χ3n) is 9.25. The van der Waals surface area contributed by atoms with Crippen molar-refractivity contribution in [2.45, 2.75) is 76.2 Å². The van der Waals surface area contributed by atoms with Gasteiger partial charge in [0.05, 0.1) is 10.7 Å². The number of carbonyl (C=O) groups is 2. The number of carbonyl (C=O) groups excluding carboxylic acids is 2.